The van der Waals surface area contributed by atoms with Crippen LogP contribution in [0.15, 0.2) is 18.3 Å². The molecular weight excluding hydrogens is 212 g/mol. The van der Waals surface area contributed by atoms with E-state index in [9.17, 15) is 5.11 Å². The molecule has 0 bridgehead atoms. The van der Waals surface area contributed by atoms with E-state index in [2.05, 4.69) is 10.8 Å². The van der Waals surface area contributed by atoms with Crippen molar-refractivity contribution in [3.63, 3.8) is 0 Å². The Balaban J connectivity index is 2.25. The molecule has 1 aliphatic rings. The van der Waals surface area contributed by atoms with Gasteiger partial charge < -0.3 is 15.4 Å². The Morgan fingerprint density at radius 3 is 2.88 bits per heavy atom. The molecule has 17 heavy (non-hydrogen) atoms. The summed E-state index contributed by atoms with van der Waals surface area (Å²) in [5, 5.41) is 11.1. The lowest BCUT2D eigenvalue weighted by Crippen LogP contribution is -2.21. The van der Waals surface area contributed by atoms with Gasteiger partial charge in [0.15, 0.2) is 0 Å². The molecule has 1 heterocycles. The summed E-state index contributed by atoms with van der Waals surface area (Å²) in [6.07, 6.45) is 5.59. The average molecular weight is 230 g/mol. The van der Waals surface area contributed by atoms with Crippen molar-refractivity contribution in [3.8, 4) is 5.75 Å². The molecule has 0 radical (unpaired) electrons. The molecule has 0 spiro atoms. The molecule has 1 aliphatic carbocycles. The van der Waals surface area contributed by atoms with Crippen molar-refractivity contribution in [1.29, 1.82) is 0 Å². The summed E-state index contributed by atoms with van der Waals surface area (Å²) < 4.78 is 2.18. The first-order valence-corrected chi connectivity index (χ1v) is 6.24. The maximum atomic E-state index is 9.79. The van der Waals surface area contributed by atoms with E-state index in [1.54, 1.807) is 0 Å². The monoisotopic (exact) mass is 230 g/mol. The first kappa shape index (κ1) is 10.7. The molecule has 3 nitrogen and oxygen atoms in total. The predicted octanol–water partition coefficient (Wildman–Crippen LogP) is 2.18. The molecule has 0 aliphatic heterocycles. The van der Waals surface area contributed by atoms with E-state index >= 15 is 0 Å². The van der Waals surface area contributed by atoms with Gasteiger partial charge in [-0.2, -0.15) is 0 Å². The third-order valence-corrected chi connectivity index (χ3v) is 3.50. The van der Waals surface area contributed by atoms with Crippen LogP contribution in [0.2, 0.25) is 0 Å². The van der Waals surface area contributed by atoms with E-state index in [4.69, 9.17) is 5.73 Å². The normalized spacial score (nSPS) is 16.4. The second-order valence-corrected chi connectivity index (χ2v) is 5.14. The molecule has 0 saturated carbocycles. The number of nitrogens with zero attached hydrogens (tertiary/aromatic N) is 1. The highest BCUT2D eigenvalue weighted by Gasteiger charge is 2.17. The third-order valence-electron chi connectivity index (χ3n) is 3.50. The van der Waals surface area contributed by atoms with Gasteiger partial charge in [0.1, 0.15) is 5.75 Å². The average Bonchev–Trinajstić information content (AvgIpc) is 2.57. The molecule has 0 fully saturated rings. The van der Waals surface area contributed by atoms with Crippen LogP contribution in [-0.4, -0.2) is 15.7 Å². The Morgan fingerprint density at radius 2 is 2.12 bits per heavy atom. The number of rotatable bonds is 2. The quantitative estimate of drug-likeness (QED) is 0.830. The zero-order valence-electron chi connectivity index (χ0n) is 10.1. The van der Waals surface area contributed by atoms with Crippen molar-refractivity contribution < 1.29 is 5.11 Å². The SMILES string of the molecule is CC(N)Cn1cc2c3c(cc(O)cc31)CCC2. The number of hydrogen-bond acceptors (Lipinski definition) is 2. The molecule has 3 heteroatoms. The number of benzene rings is 1. The number of phenolic OH excluding ortho intramolecular Hbond substituents is 1. The summed E-state index contributed by atoms with van der Waals surface area (Å²) in [4.78, 5) is 0. The summed E-state index contributed by atoms with van der Waals surface area (Å²) in [6, 6.07) is 3.89. The van der Waals surface area contributed by atoms with E-state index in [1.165, 1.54) is 22.9 Å². The van der Waals surface area contributed by atoms with Gasteiger partial charge in [-0.15, -0.1) is 0 Å². The van der Waals surface area contributed by atoms with Crippen molar-refractivity contribution in [3.05, 3.63) is 29.5 Å². The number of phenols is 1. The Morgan fingerprint density at radius 1 is 1.35 bits per heavy atom. The second kappa shape index (κ2) is 3.77. The molecule has 0 amide bonds. The lowest BCUT2D eigenvalue weighted by Gasteiger charge is -2.12. The van der Waals surface area contributed by atoms with Crippen molar-refractivity contribution in [2.45, 2.75) is 38.8 Å². The van der Waals surface area contributed by atoms with Gasteiger partial charge in [-0.1, -0.05) is 0 Å². The smallest absolute Gasteiger partial charge is 0.117 e. The topological polar surface area (TPSA) is 51.2 Å². The van der Waals surface area contributed by atoms with E-state index in [0.717, 1.165) is 24.9 Å². The number of hydrogen-bond donors (Lipinski definition) is 2. The fraction of sp³-hybridized carbons (Fsp3) is 0.429. The zero-order chi connectivity index (χ0) is 12.0. The van der Waals surface area contributed by atoms with E-state index in [1.807, 2.05) is 19.1 Å². The Hall–Kier alpha value is -1.48. The minimum absolute atomic E-state index is 0.130. The van der Waals surface area contributed by atoms with Crippen LogP contribution in [0.5, 0.6) is 5.75 Å². The molecular formula is C14H18N2O. The molecule has 0 saturated heterocycles. The van der Waals surface area contributed by atoms with Gasteiger partial charge >= 0.3 is 0 Å². The second-order valence-electron chi connectivity index (χ2n) is 5.14. The maximum Gasteiger partial charge on any atom is 0.117 e. The van der Waals surface area contributed by atoms with Gasteiger partial charge in [-0.3, -0.25) is 0 Å². The first-order valence-electron chi connectivity index (χ1n) is 6.24. The fourth-order valence-corrected chi connectivity index (χ4v) is 2.91. The number of aromatic nitrogens is 1. The maximum absolute atomic E-state index is 9.79. The lowest BCUT2D eigenvalue weighted by molar-refractivity contribution is 0.474. The molecule has 1 atom stereocenters. The summed E-state index contributed by atoms with van der Waals surface area (Å²) in [6.45, 7) is 2.81. The molecule has 3 N–H and O–H groups in total. The summed E-state index contributed by atoms with van der Waals surface area (Å²) in [7, 11) is 0. The highest BCUT2D eigenvalue weighted by molar-refractivity contribution is 5.89. The van der Waals surface area contributed by atoms with Gasteiger partial charge in [0.25, 0.3) is 0 Å². The predicted molar refractivity (Wildman–Crippen MR) is 69.3 cm³/mol. The van der Waals surface area contributed by atoms with Crippen LogP contribution in [0.3, 0.4) is 0 Å². The number of nitrogens with two attached hydrogens (primary N) is 1. The molecule has 2 aromatic rings. The molecule has 3 rings (SSSR count). The third kappa shape index (κ3) is 1.71. The van der Waals surface area contributed by atoms with Crippen molar-refractivity contribution >= 4 is 10.9 Å². The van der Waals surface area contributed by atoms with Gasteiger partial charge in [-0.05, 0) is 43.4 Å². The first-order chi connectivity index (χ1) is 8.15. The van der Waals surface area contributed by atoms with Crippen LogP contribution in [0.25, 0.3) is 10.9 Å². The van der Waals surface area contributed by atoms with Crippen LogP contribution < -0.4 is 5.73 Å². The minimum Gasteiger partial charge on any atom is -0.508 e. The summed E-state index contributed by atoms with van der Waals surface area (Å²) in [5.41, 5.74) is 9.69. The zero-order valence-corrected chi connectivity index (χ0v) is 10.1. The Kier molecular flexibility index (Phi) is 2.37. The van der Waals surface area contributed by atoms with Crippen molar-refractivity contribution in [1.82, 2.24) is 4.57 Å². The van der Waals surface area contributed by atoms with Crippen LogP contribution >= 0.6 is 0 Å². The highest BCUT2D eigenvalue weighted by Crippen LogP contribution is 2.34. The van der Waals surface area contributed by atoms with Crippen LogP contribution in [0.4, 0.5) is 0 Å². The van der Waals surface area contributed by atoms with E-state index < -0.39 is 0 Å². The Bertz CT molecular complexity index is 569. The molecule has 1 unspecified atom stereocenters. The highest BCUT2D eigenvalue weighted by atomic mass is 16.3. The van der Waals surface area contributed by atoms with Crippen LogP contribution in [0.1, 0.15) is 24.5 Å². The van der Waals surface area contributed by atoms with Gasteiger partial charge in [-0.25, -0.2) is 0 Å². The standard InChI is InChI=1S/C14H18N2O/c1-9(15)7-16-8-11-4-2-3-10-5-12(17)6-13(16)14(10)11/h5-6,8-9,17H,2-4,7,15H2,1H3. The minimum atomic E-state index is 0.130. The van der Waals surface area contributed by atoms with Crippen molar-refractivity contribution in [2.75, 3.05) is 0 Å². The molecule has 1 aromatic carbocycles. The van der Waals surface area contributed by atoms with Crippen LogP contribution in [-0.2, 0) is 19.4 Å². The van der Waals surface area contributed by atoms with Gasteiger partial charge in [0.05, 0.1) is 5.52 Å². The largest absolute Gasteiger partial charge is 0.508 e. The van der Waals surface area contributed by atoms with E-state index in [0.29, 0.717) is 5.75 Å². The van der Waals surface area contributed by atoms with E-state index in [-0.39, 0.29) is 6.04 Å². The fourth-order valence-electron chi connectivity index (χ4n) is 2.91. The molecule has 90 valence electrons. The Labute approximate surface area is 101 Å². The summed E-state index contributed by atoms with van der Waals surface area (Å²) in [5.74, 6) is 0.366. The lowest BCUT2D eigenvalue weighted by atomic mass is 9.93. The molecule has 1 aromatic heterocycles. The summed E-state index contributed by atoms with van der Waals surface area (Å²) >= 11 is 0. The van der Waals surface area contributed by atoms with Gasteiger partial charge in [0, 0.05) is 30.2 Å². The van der Waals surface area contributed by atoms with Crippen LogP contribution in [0, 0.1) is 0 Å². The van der Waals surface area contributed by atoms with Gasteiger partial charge in [0.2, 0.25) is 0 Å². The van der Waals surface area contributed by atoms with Crippen molar-refractivity contribution in [2.24, 2.45) is 5.73 Å². The number of aryl methyl sites for hydroxylation is 2. The number of aromatic hydroxyl groups is 1.